The molecule has 2 amide bonds. The predicted molar refractivity (Wildman–Crippen MR) is 113 cm³/mol. The second-order valence-corrected chi connectivity index (χ2v) is 7.37. The predicted octanol–water partition coefficient (Wildman–Crippen LogP) is 2.66. The van der Waals surface area contributed by atoms with Gasteiger partial charge in [0.15, 0.2) is 0 Å². The Hall–Kier alpha value is -3.52. The summed E-state index contributed by atoms with van der Waals surface area (Å²) in [6, 6.07) is 14.5. The number of carbonyl (C=O) groups is 3. The summed E-state index contributed by atoms with van der Waals surface area (Å²) in [6.07, 6.45) is 0.115. The van der Waals surface area contributed by atoms with Crippen molar-refractivity contribution >= 4 is 29.4 Å². The Morgan fingerprint density at radius 1 is 1.06 bits per heavy atom. The molecular formula is C22H21ClN2O6. The minimum absolute atomic E-state index is 0.115. The average Bonchev–Trinajstić information content (AvgIpc) is 2.75. The second kappa shape index (κ2) is 9.99. The lowest BCUT2D eigenvalue weighted by atomic mass is 10.0. The molecule has 1 aliphatic rings. The molecule has 1 heterocycles. The minimum Gasteiger partial charge on any atom is -0.511 e. The van der Waals surface area contributed by atoms with Crippen LogP contribution in [-0.4, -0.2) is 46.0 Å². The number of hydrogen-bond acceptors (Lipinski definition) is 5. The first-order valence-corrected chi connectivity index (χ1v) is 9.89. The molecule has 31 heavy (non-hydrogen) atoms. The average molecular weight is 445 g/mol. The highest BCUT2D eigenvalue weighted by atomic mass is 35.5. The number of nitrogens with one attached hydrogen (secondary N) is 1. The molecule has 1 aliphatic heterocycles. The van der Waals surface area contributed by atoms with Crippen LogP contribution < -0.4 is 10.1 Å². The molecule has 0 saturated carbocycles. The molecule has 0 fully saturated rings. The van der Waals surface area contributed by atoms with Crippen molar-refractivity contribution in [2.75, 3.05) is 13.1 Å². The Kier molecular flexibility index (Phi) is 7.15. The Bertz CT molecular complexity index is 1000. The van der Waals surface area contributed by atoms with E-state index in [-0.39, 0.29) is 25.3 Å². The number of halogens is 1. The van der Waals surface area contributed by atoms with E-state index in [1.165, 1.54) is 4.90 Å². The third-order valence-corrected chi connectivity index (χ3v) is 4.90. The lowest BCUT2D eigenvalue weighted by Crippen LogP contribution is -2.43. The first kappa shape index (κ1) is 22.2. The lowest BCUT2D eigenvalue weighted by Gasteiger charge is -2.28. The topological polar surface area (TPSA) is 116 Å². The normalized spacial score (nSPS) is 13.8. The van der Waals surface area contributed by atoms with Crippen LogP contribution in [0.4, 0.5) is 0 Å². The lowest BCUT2D eigenvalue weighted by molar-refractivity contribution is -0.138. The summed E-state index contributed by atoms with van der Waals surface area (Å²) >= 11 is 5.87. The van der Waals surface area contributed by atoms with Gasteiger partial charge < -0.3 is 25.2 Å². The maximum Gasteiger partial charge on any atom is 0.322 e. The first-order chi connectivity index (χ1) is 14.8. The van der Waals surface area contributed by atoms with Crippen molar-refractivity contribution in [2.24, 2.45) is 0 Å². The highest BCUT2D eigenvalue weighted by Gasteiger charge is 2.32. The van der Waals surface area contributed by atoms with Gasteiger partial charge in [-0.2, -0.15) is 0 Å². The molecule has 0 unspecified atom stereocenters. The fourth-order valence-corrected chi connectivity index (χ4v) is 3.16. The summed E-state index contributed by atoms with van der Waals surface area (Å²) in [6.45, 7) is 0.231. The van der Waals surface area contributed by atoms with Gasteiger partial charge in [-0.05, 0) is 35.4 Å². The molecule has 0 aromatic heterocycles. The molecule has 2 aromatic carbocycles. The number of nitrogens with zero attached hydrogens (tertiary/aromatic N) is 1. The van der Waals surface area contributed by atoms with Crippen LogP contribution in [0.15, 0.2) is 59.9 Å². The van der Waals surface area contributed by atoms with E-state index in [0.717, 1.165) is 11.1 Å². The van der Waals surface area contributed by atoms with Crippen LogP contribution in [0.2, 0.25) is 5.02 Å². The number of aliphatic hydroxyl groups is 1. The number of rotatable bonds is 8. The van der Waals surface area contributed by atoms with Gasteiger partial charge in [0.1, 0.15) is 30.2 Å². The van der Waals surface area contributed by atoms with Crippen molar-refractivity contribution in [3.8, 4) is 5.75 Å². The molecule has 0 saturated heterocycles. The molecule has 8 nitrogen and oxygen atoms in total. The number of carboxylic acids is 1. The van der Waals surface area contributed by atoms with E-state index in [0.29, 0.717) is 17.4 Å². The molecule has 2 aromatic rings. The van der Waals surface area contributed by atoms with Crippen molar-refractivity contribution < 1.29 is 29.3 Å². The number of carbonyl (C=O) groups excluding carboxylic acids is 2. The number of hydrogen-bond donors (Lipinski definition) is 3. The largest absolute Gasteiger partial charge is 0.511 e. The number of benzene rings is 2. The third-order valence-electron chi connectivity index (χ3n) is 4.65. The molecule has 0 atom stereocenters. The first-order valence-electron chi connectivity index (χ1n) is 9.51. The van der Waals surface area contributed by atoms with Crippen molar-refractivity contribution in [3.05, 3.63) is 76.0 Å². The summed E-state index contributed by atoms with van der Waals surface area (Å²) in [7, 11) is 0. The van der Waals surface area contributed by atoms with E-state index in [2.05, 4.69) is 5.32 Å². The number of ether oxygens (including phenoxy) is 1. The maximum absolute atomic E-state index is 12.6. The summed E-state index contributed by atoms with van der Waals surface area (Å²) in [4.78, 5) is 36.8. The number of aliphatic hydroxyl groups excluding tert-OH is 1. The van der Waals surface area contributed by atoms with Crippen LogP contribution >= 0.6 is 11.6 Å². The summed E-state index contributed by atoms with van der Waals surface area (Å²) < 4.78 is 5.74. The number of amides is 2. The fourth-order valence-electron chi connectivity index (χ4n) is 3.03. The van der Waals surface area contributed by atoms with Gasteiger partial charge in [0.2, 0.25) is 0 Å². The van der Waals surface area contributed by atoms with Crippen molar-refractivity contribution in [2.45, 2.75) is 19.6 Å². The van der Waals surface area contributed by atoms with Crippen LogP contribution in [0.25, 0.3) is 0 Å². The van der Waals surface area contributed by atoms with E-state index >= 15 is 0 Å². The minimum atomic E-state index is -1.24. The summed E-state index contributed by atoms with van der Waals surface area (Å²) in [5.74, 6) is -2.47. The van der Waals surface area contributed by atoms with Crippen LogP contribution in [0.5, 0.6) is 5.75 Å². The smallest absolute Gasteiger partial charge is 0.322 e. The van der Waals surface area contributed by atoms with Gasteiger partial charge in [-0.1, -0.05) is 35.9 Å². The van der Waals surface area contributed by atoms with Crippen LogP contribution in [-0.2, 0) is 27.5 Å². The number of aliphatic carboxylic acids is 1. The second-order valence-electron chi connectivity index (χ2n) is 6.93. The number of carboxylic acid groups (broad SMARTS) is 1. The highest BCUT2D eigenvalue weighted by Crippen LogP contribution is 2.21. The molecule has 0 spiro atoms. The zero-order valence-corrected chi connectivity index (χ0v) is 17.3. The van der Waals surface area contributed by atoms with Crippen LogP contribution in [0, 0.1) is 0 Å². The molecule has 0 aliphatic carbocycles. The SMILES string of the molecule is O=C(O)CNC(=O)C1=C(O)CCN(Cc2ccc(OCc3ccc(Cl)cc3)cc2)C1=O. The van der Waals surface area contributed by atoms with E-state index in [1.807, 2.05) is 24.3 Å². The molecule has 0 radical (unpaired) electrons. The van der Waals surface area contributed by atoms with Gasteiger partial charge in [0.25, 0.3) is 11.8 Å². The van der Waals surface area contributed by atoms with E-state index in [9.17, 15) is 19.5 Å². The molecule has 0 bridgehead atoms. The van der Waals surface area contributed by atoms with Crippen molar-refractivity contribution in [1.29, 1.82) is 0 Å². The van der Waals surface area contributed by atoms with Crippen molar-refractivity contribution in [1.82, 2.24) is 10.2 Å². The van der Waals surface area contributed by atoms with Gasteiger partial charge in [0.05, 0.1) is 0 Å². The Labute approximate surface area is 183 Å². The van der Waals surface area contributed by atoms with Gasteiger partial charge in [-0.15, -0.1) is 0 Å². The standard InChI is InChI=1S/C22H21ClN2O6/c23-16-5-1-15(2-6-16)13-31-17-7-3-14(4-8-17)12-25-10-9-18(26)20(22(25)30)21(29)24-11-19(27)28/h1-8,26H,9-13H2,(H,24,29)(H,27,28). The molecule has 9 heteroatoms. The van der Waals surface area contributed by atoms with Gasteiger partial charge in [-0.3, -0.25) is 14.4 Å². The summed E-state index contributed by atoms with van der Waals surface area (Å²) in [5, 5.41) is 21.4. The quantitative estimate of drug-likeness (QED) is 0.539. The van der Waals surface area contributed by atoms with Gasteiger partial charge in [-0.25, -0.2) is 0 Å². The van der Waals surface area contributed by atoms with Crippen LogP contribution in [0.1, 0.15) is 17.5 Å². The molecule has 162 valence electrons. The van der Waals surface area contributed by atoms with E-state index in [1.54, 1.807) is 24.3 Å². The Balaban J connectivity index is 1.59. The zero-order valence-electron chi connectivity index (χ0n) is 16.5. The Morgan fingerprint density at radius 3 is 2.35 bits per heavy atom. The maximum atomic E-state index is 12.6. The van der Waals surface area contributed by atoms with Gasteiger partial charge >= 0.3 is 5.97 Å². The van der Waals surface area contributed by atoms with Crippen molar-refractivity contribution in [3.63, 3.8) is 0 Å². The zero-order chi connectivity index (χ0) is 22.4. The molecular weight excluding hydrogens is 424 g/mol. The monoisotopic (exact) mass is 444 g/mol. The molecule has 3 N–H and O–H groups in total. The Morgan fingerprint density at radius 2 is 1.71 bits per heavy atom. The third kappa shape index (κ3) is 5.99. The summed E-state index contributed by atoms with van der Waals surface area (Å²) in [5.41, 5.74) is 1.38. The highest BCUT2D eigenvalue weighted by molar-refractivity contribution is 6.30. The fraction of sp³-hybridized carbons (Fsp3) is 0.227. The molecule has 3 rings (SSSR count). The van der Waals surface area contributed by atoms with Gasteiger partial charge in [0, 0.05) is 24.5 Å². The van der Waals surface area contributed by atoms with Crippen LogP contribution in [0.3, 0.4) is 0 Å². The van der Waals surface area contributed by atoms with E-state index < -0.39 is 29.9 Å². The van der Waals surface area contributed by atoms with E-state index in [4.69, 9.17) is 21.4 Å².